The molecule has 0 N–H and O–H groups in total. The van der Waals surface area contributed by atoms with E-state index in [1.165, 1.54) is 12.1 Å². The van der Waals surface area contributed by atoms with E-state index in [2.05, 4.69) is 4.98 Å². The highest BCUT2D eigenvalue weighted by Crippen LogP contribution is 2.07. The lowest BCUT2D eigenvalue weighted by atomic mass is 10.3. The van der Waals surface area contributed by atoms with Crippen LogP contribution in [0.5, 0.6) is 0 Å². The highest BCUT2D eigenvalue weighted by molar-refractivity contribution is 5.91. The summed E-state index contributed by atoms with van der Waals surface area (Å²) in [7, 11) is 0. The maximum Gasteiger partial charge on any atom is 0.357 e. The molecule has 0 aliphatic carbocycles. The van der Waals surface area contributed by atoms with Crippen LogP contribution in [0.15, 0.2) is 18.2 Å². The molecular formula is C17H23NO7. The summed E-state index contributed by atoms with van der Waals surface area (Å²) >= 11 is 0. The number of esters is 2. The van der Waals surface area contributed by atoms with Crippen LogP contribution < -0.4 is 0 Å². The van der Waals surface area contributed by atoms with Crippen molar-refractivity contribution in [3.63, 3.8) is 0 Å². The molecule has 2 bridgehead atoms. The van der Waals surface area contributed by atoms with E-state index in [1.54, 1.807) is 19.9 Å². The monoisotopic (exact) mass is 353 g/mol. The van der Waals surface area contributed by atoms with E-state index in [1.807, 2.05) is 0 Å². The molecule has 0 fully saturated rings. The summed E-state index contributed by atoms with van der Waals surface area (Å²) < 4.78 is 26.6. The van der Waals surface area contributed by atoms with Gasteiger partial charge in [-0.1, -0.05) is 6.07 Å². The van der Waals surface area contributed by atoms with E-state index in [0.29, 0.717) is 26.4 Å². The van der Waals surface area contributed by atoms with Crippen LogP contribution in [0, 0.1) is 0 Å². The van der Waals surface area contributed by atoms with Crippen LogP contribution in [-0.4, -0.2) is 68.8 Å². The highest BCUT2D eigenvalue weighted by atomic mass is 16.6. The first kappa shape index (κ1) is 19.3. The van der Waals surface area contributed by atoms with Gasteiger partial charge in [0, 0.05) is 0 Å². The lowest BCUT2D eigenvalue weighted by Crippen LogP contribution is -2.25. The molecule has 8 heteroatoms. The molecule has 1 aliphatic rings. The third kappa shape index (κ3) is 6.77. The maximum atomic E-state index is 12.1. The average molecular weight is 353 g/mol. The van der Waals surface area contributed by atoms with Gasteiger partial charge in [0.15, 0.2) is 0 Å². The number of hydrogen-bond acceptors (Lipinski definition) is 8. The van der Waals surface area contributed by atoms with E-state index in [0.717, 1.165) is 0 Å². The van der Waals surface area contributed by atoms with Crippen LogP contribution in [0.2, 0.25) is 0 Å². The molecule has 8 nitrogen and oxygen atoms in total. The van der Waals surface area contributed by atoms with Crippen molar-refractivity contribution in [3.05, 3.63) is 29.6 Å². The van der Waals surface area contributed by atoms with Crippen LogP contribution in [0.4, 0.5) is 0 Å². The predicted molar refractivity (Wildman–Crippen MR) is 86.4 cm³/mol. The molecule has 0 unspecified atom stereocenters. The molecule has 1 aromatic heterocycles. The lowest BCUT2D eigenvalue weighted by Gasteiger charge is -2.15. The Morgan fingerprint density at radius 2 is 1.24 bits per heavy atom. The Balaban J connectivity index is 2.06. The van der Waals surface area contributed by atoms with Crippen molar-refractivity contribution in [2.24, 2.45) is 0 Å². The second-order valence-electron chi connectivity index (χ2n) is 5.60. The third-order valence-electron chi connectivity index (χ3n) is 3.23. The number of carbonyl (C=O) groups excluding carboxylic acids is 2. The second kappa shape index (κ2) is 10.1. The van der Waals surface area contributed by atoms with Crippen molar-refractivity contribution in [1.82, 2.24) is 4.98 Å². The molecule has 0 saturated carbocycles. The van der Waals surface area contributed by atoms with Crippen molar-refractivity contribution in [1.29, 1.82) is 0 Å². The molecule has 0 amide bonds. The standard InChI is InChI=1S/C17H23NO7/c1-12-10-22-8-6-21-7-9-23-11-13(2)25-17(20)15-5-3-4-14(18-15)16(19)24-12/h3-5,12-13H,6-11H2,1-2H3/t12-,13-/m1/s1. The Bertz CT molecular complexity index is 533. The zero-order valence-electron chi connectivity index (χ0n) is 14.4. The largest absolute Gasteiger partial charge is 0.455 e. The molecule has 2 heterocycles. The molecular weight excluding hydrogens is 330 g/mol. The number of nitrogens with zero attached hydrogens (tertiary/aromatic N) is 1. The topological polar surface area (TPSA) is 93.2 Å². The SMILES string of the molecule is C[C@@H]1COCCOCCOC[C@@H](C)OC(=O)c2cccc(n2)C(=O)O1. The van der Waals surface area contributed by atoms with Gasteiger partial charge >= 0.3 is 11.9 Å². The number of rotatable bonds is 0. The van der Waals surface area contributed by atoms with Gasteiger partial charge in [0.1, 0.15) is 23.6 Å². The Labute approximate surface area is 146 Å². The summed E-state index contributed by atoms with van der Waals surface area (Å²) in [6, 6.07) is 4.51. The normalized spacial score (nSPS) is 24.6. The second-order valence-corrected chi connectivity index (χ2v) is 5.60. The molecule has 25 heavy (non-hydrogen) atoms. The summed E-state index contributed by atoms with van der Waals surface area (Å²) in [6.45, 7) is 5.52. The van der Waals surface area contributed by atoms with Gasteiger partial charge < -0.3 is 23.7 Å². The molecule has 0 aromatic carbocycles. The smallest absolute Gasteiger partial charge is 0.357 e. The minimum atomic E-state index is -0.625. The summed E-state index contributed by atoms with van der Waals surface area (Å²) in [6.07, 6.45) is -0.903. The number of fused-ring (bicyclic) bond motifs is 2. The zero-order valence-corrected chi connectivity index (χ0v) is 14.4. The minimum Gasteiger partial charge on any atom is -0.455 e. The van der Waals surface area contributed by atoms with Gasteiger partial charge in [-0.05, 0) is 26.0 Å². The summed E-state index contributed by atoms with van der Waals surface area (Å²) in [5.74, 6) is -1.25. The van der Waals surface area contributed by atoms with Gasteiger partial charge in [0.2, 0.25) is 0 Å². The minimum absolute atomic E-state index is 0.0367. The highest BCUT2D eigenvalue weighted by Gasteiger charge is 2.18. The first-order valence-electron chi connectivity index (χ1n) is 8.18. The summed E-state index contributed by atoms with van der Waals surface area (Å²) in [4.78, 5) is 28.2. The van der Waals surface area contributed by atoms with Crippen molar-refractivity contribution in [2.75, 3.05) is 39.6 Å². The van der Waals surface area contributed by atoms with Gasteiger partial charge in [-0.15, -0.1) is 0 Å². The number of hydrogen-bond donors (Lipinski definition) is 0. The van der Waals surface area contributed by atoms with Crippen molar-refractivity contribution >= 4 is 11.9 Å². The number of cyclic esters (lactones) is 2. The van der Waals surface area contributed by atoms with Gasteiger partial charge in [-0.2, -0.15) is 0 Å². The molecule has 138 valence electrons. The first-order chi connectivity index (χ1) is 12.1. The van der Waals surface area contributed by atoms with E-state index in [9.17, 15) is 9.59 Å². The fraction of sp³-hybridized carbons (Fsp3) is 0.588. The van der Waals surface area contributed by atoms with Crippen molar-refractivity contribution in [2.45, 2.75) is 26.1 Å². The van der Waals surface area contributed by atoms with Gasteiger partial charge in [-0.25, -0.2) is 14.6 Å². The number of carbonyl (C=O) groups is 2. The lowest BCUT2D eigenvalue weighted by molar-refractivity contribution is -0.0300. The van der Waals surface area contributed by atoms with E-state index >= 15 is 0 Å². The molecule has 1 aromatic rings. The van der Waals surface area contributed by atoms with Crippen LogP contribution >= 0.6 is 0 Å². The van der Waals surface area contributed by atoms with E-state index < -0.39 is 24.1 Å². The molecule has 1 aliphatic heterocycles. The van der Waals surface area contributed by atoms with Crippen LogP contribution in [-0.2, 0) is 23.7 Å². The van der Waals surface area contributed by atoms with Crippen LogP contribution in [0.1, 0.15) is 34.8 Å². The first-order valence-corrected chi connectivity index (χ1v) is 8.18. The molecule has 0 spiro atoms. The van der Waals surface area contributed by atoms with E-state index in [4.69, 9.17) is 23.7 Å². The summed E-state index contributed by atoms with van der Waals surface area (Å²) in [5.41, 5.74) is 0.0734. The zero-order chi connectivity index (χ0) is 18.1. The Hall–Kier alpha value is -2.03. The van der Waals surface area contributed by atoms with Crippen LogP contribution in [0.3, 0.4) is 0 Å². The number of aromatic nitrogens is 1. The molecule has 2 rings (SSSR count). The molecule has 0 saturated heterocycles. The van der Waals surface area contributed by atoms with Gasteiger partial charge in [0.25, 0.3) is 0 Å². The average Bonchev–Trinajstić information content (AvgIpc) is 2.59. The predicted octanol–water partition coefficient (Wildman–Crippen LogP) is 1.24. The molecule has 0 radical (unpaired) electrons. The van der Waals surface area contributed by atoms with Gasteiger partial charge in [0.05, 0.1) is 39.6 Å². The number of ether oxygens (including phenoxy) is 5. The maximum absolute atomic E-state index is 12.1. The number of pyridine rings is 1. The van der Waals surface area contributed by atoms with Crippen molar-refractivity contribution in [3.8, 4) is 0 Å². The van der Waals surface area contributed by atoms with Gasteiger partial charge in [-0.3, -0.25) is 0 Å². The van der Waals surface area contributed by atoms with E-state index in [-0.39, 0.29) is 24.6 Å². The molecule has 2 atom stereocenters. The Morgan fingerprint density at radius 3 is 1.72 bits per heavy atom. The quantitative estimate of drug-likeness (QED) is 0.643. The summed E-state index contributed by atoms with van der Waals surface area (Å²) in [5, 5.41) is 0. The third-order valence-corrected chi connectivity index (χ3v) is 3.23. The Morgan fingerprint density at radius 1 is 0.800 bits per heavy atom. The fourth-order valence-electron chi connectivity index (χ4n) is 2.05. The van der Waals surface area contributed by atoms with Crippen LogP contribution in [0.25, 0.3) is 0 Å². The van der Waals surface area contributed by atoms with Crippen molar-refractivity contribution < 1.29 is 33.3 Å². The Kier molecular flexibility index (Phi) is 7.77. The fourth-order valence-corrected chi connectivity index (χ4v) is 2.05.